The van der Waals surface area contributed by atoms with Crippen molar-refractivity contribution in [3.63, 3.8) is 0 Å². The molecule has 0 bridgehead atoms. The highest BCUT2D eigenvalue weighted by atomic mass is 31.2. The van der Waals surface area contributed by atoms with E-state index in [0.717, 1.165) is 35.6 Å². The van der Waals surface area contributed by atoms with Crippen molar-refractivity contribution in [2.45, 2.75) is 38.8 Å². The molecule has 0 unspecified atom stereocenters. The molecule has 2 nitrogen and oxygen atoms in total. The Balaban J connectivity index is 2.03. The van der Waals surface area contributed by atoms with E-state index in [2.05, 4.69) is 13.0 Å². The fraction of sp³-hybridized carbons (Fsp3) is 0.364. The van der Waals surface area contributed by atoms with Gasteiger partial charge in [-0.1, -0.05) is 67.6 Å². The van der Waals surface area contributed by atoms with Crippen molar-refractivity contribution in [3.8, 4) is 0 Å². The van der Waals surface area contributed by atoms with Gasteiger partial charge in [-0.3, -0.25) is 0 Å². The third-order valence-electron chi connectivity index (χ3n) is 5.09. The molecule has 0 saturated heterocycles. The van der Waals surface area contributed by atoms with Crippen molar-refractivity contribution in [3.05, 3.63) is 72.5 Å². The minimum absolute atomic E-state index is 0.131. The van der Waals surface area contributed by atoms with Crippen molar-refractivity contribution >= 4 is 17.8 Å². The van der Waals surface area contributed by atoms with E-state index >= 15 is 0 Å². The van der Waals surface area contributed by atoms with Crippen LogP contribution in [0.2, 0.25) is 0 Å². The SMILES string of the molecule is CCOC1=CCC[C@@H](P(=O)(c2ccccc2)c2ccccc2)[C@H](C)C1. The molecular weight excluding hydrogens is 327 g/mol. The van der Waals surface area contributed by atoms with Gasteiger partial charge in [0.05, 0.1) is 12.4 Å². The van der Waals surface area contributed by atoms with E-state index in [-0.39, 0.29) is 5.66 Å². The number of benzene rings is 2. The number of ether oxygens (including phenoxy) is 1. The normalized spacial score (nSPS) is 21.3. The zero-order valence-electron chi connectivity index (χ0n) is 15.1. The predicted molar refractivity (Wildman–Crippen MR) is 106 cm³/mol. The summed E-state index contributed by atoms with van der Waals surface area (Å²) in [5, 5.41) is 1.94. The standard InChI is InChI=1S/C22H27O2P/c1-3-24-19-11-10-16-22(18(2)17-19)25(23,20-12-6-4-7-13-20)21-14-8-5-9-15-21/h4-9,11-15,18,22H,3,10,16-17H2,1-2H3/t18-,22-/m1/s1. The topological polar surface area (TPSA) is 26.3 Å². The van der Waals surface area contributed by atoms with Gasteiger partial charge in [-0.2, -0.15) is 0 Å². The largest absolute Gasteiger partial charge is 0.499 e. The van der Waals surface area contributed by atoms with Crippen LogP contribution in [0.3, 0.4) is 0 Å². The third kappa shape index (κ3) is 3.75. The maximum absolute atomic E-state index is 14.5. The second-order valence-electron chi connectivity index (χ2n) is 6.76. The summed E-state index contributed by atoms with van der Waals surface area (Å²) in [6.07, 6.45) is 4.91. The molecule has 3 heteroatoms. The highest BCUT2D eigenvalue weighted by molar-refractivity contribution is 7.79. The number of rotatable bonds is 5. The van der Waals surface area contributed by atoms with Gasteiger partial charge in [0.1, 0.15) is 7.14 Å². The Morgan fingerprint density at radius 3 is 2.08 bits per heavy atom. The van der Waals surface area contributed by atoms with E-state index in [0.29, 0.717) is 12.5 Å². The van der Waals surface area contributed by atoms with Gasteiger partial charge in [0, 0.05) is 22.7 Å². The molecule has 0 heterocycles. The van der Waals surface area contributed by atoms with Crippen LogP contribution in [0.15, 0.2) is 72.5 Å². The van der Waals surface area contributed by atoms with Gasteiger partial charge < -0.3 is 9.30 Å². The van der Waals surface area contributed by atoms with Crippen molar-refractivity contribution in [1.82, 2.24) is 0 Å². The first-order chi connectivity index (χ1) is 12.2. The summed E-state index contributed by atoms with van der Waals surface area (Å²) >= 11 is 0. The molecule has 3 rings (SSSR count). The Bertz CT molecular complexity index is 709. The predicted octanol–water partition coefficient (Wildman–Crippen LogP) is 5.11. The van der Waals surface area contributed by atoms with Crippen LogP contribution in [0.25, 0.3) is 0 Å². The summed E-state index contributed by atoms with van der Waals surface area (Å²) in [6.45, 7) is 4.94. The zero-order valence-corrected chi connectivity index (χ0v) is 16.0. The molecule has 0 spiro atoms. The Hall–Kier alpha value is -1.79. The summed E-state index contributed by atoms with van der Waals surface area (Å²) in [5.41, 5.74) is 0.131. The molecule has 1 aliphatic carbocycles. The van der Waals surface area contributed by atoms with Crippen molar-refractivity contribution in [1.29, 1.82) is 0 Å². The first-order valence-electron chi connectivity index (χ1n) is 9.19. The lowest BCUT2D eigenvalue weighted by atomic mass is 10.0. The average Bonchev–Trinajstić information content (AvgIpc) is 2.84. The van der Waals surface area contributed by atoms with E-state index in [1.165, 1.54) is 0 Å². The summed E-state index contributed by atoms with van der Waals surface area (Å²) in [7, 11) is -2.72. The van der Waals surface area contributed by atoms with Gasteiger partial charge in [-0.15, -0.1) is 0 Å². The number of hydrogen-bond donors (Lipinski definition) is 0. The molecule has 0 saturated carbocycles. The third-order valence-corrected chi connectivity index (χ3v) is 8.92. The molecule has 0 radical (unpaired) electrons. The molecule has 0 fully saturated rings. The lowest BCUT2D eigenvalue weighted by Crippen LogP contribution is -2.30. The Kier molecular flexibility index (Phi) is 5.81. The van der Waals surface area contributed by atoms with Gasteiger partial charge in [0.15, 0.2) is 0 Å². The second kappa shape index (κ2) is 8.06. The molecule has 25 heavy (non-hydrogen) atoms. The number of allylic oxidation sites excluding steroid dienone is 2. The van der Waals surface area contributed by atoms with Crippen LogP contribution in [0.4, 0.5) is 0 Å². The lowest BCUT2D eigenvalue weighted by molar-refractivity contribution is 0.209. The minimum Gasteiger partial charge on any atom is -0.499 e. The summed E-state index contributed by atoms with van der Waals surface area (Å²) in [5.74, 6) is 1.37. The van der Waals surface area contributed by atoms with E-state index in [1.54, 1.807) is 0 Å². The molecule has 2 aromatic rings. The average molecular weight is 354 g/mol. The molecule has 2 aromatic carbocycles. The maximum atomic E-state index is 14.5. The van der Waals surface area contributed by atoms with Crippen LogP contribution in [-0.4, -0.2) is 12.3 Å². The monoisotopic (exact) mass is 354 g/mol. The van der Waals surface area contributed by atoms with Crippen molar-refractivity contribution in [2.24, 2.45) is 5.92 Å². The Labute approximate surface area is 151 Å². The number of hydrogen-bond acceptors (Lipinski definition) is 2. The van der Waals surface area contributed by atoms with E-state index in [1.807, 2.05) is 67.6 Å². The van der Waals surface area contributed by atoms with Gasteiger partial charge in [0.25, 0.3) is 0 Å². The Morgan fingerprint density at radius 1 is 1.00 bits per heavy atom. The van der Waals surface area contributed by atoms with Crippen LogP contribution in [-0.2, 0) is 9.30 Å². The van der Waals surface area contributed by atoms with Crippen LogP contribution in [0.5, 0.6) is 0 Å². The highest BCUT2D eigenvalue weighted by Gasteiger charge is 2.40. The first kappa shape index (κ1) is 18.0. The minimum atomic E-state index is -2.72. The molecule has 0 amide bonds. The van der Waals surface area contributed by atoms with Gasteiger partial charge in [0.2, 0.25) is 0 Å². The van der Waals surface area contributed by atoms with Crippen molar-refractivity contribution < 1.29 is 9.30 Å². The van der Waals surface area contributed by atoms with Gasteiger partial charge in [-0.25, -0.2) is 0 Å². The second-order valence-corrected chi connectivity index (χ2v) is 9.77. The summed E-state index contributed by atoms with van der Waals surface area (Å²) in [4.78, 5) is 0. The van der Waals surface area contributed by atoms with Crippen LogP contribution < -0.4 is 10.6 Å². The first-order valence-corrected chi connectivity index (χ1v) is 11.0. The van der Waals surface area contributed by atoms with Gasteiger partial charge in [-0.05, 0) is 31.8 Å². The maximum Gasteiger partial charge on any atom is 0.146 e. The molecule has 0 N–H and O–H groups in total. The van der Waals surface area contributed by atoms with E-state index < -0.39 is 7.14 Å². The van der Waals surface area contributed by atoms with Crippen LogP contribution >= 0.6 is 7.14 Å². The van der Waals surface area contributed by atoms with Crippen LogP contribution in [0.1, 0.15) is 33.1 Å². The van der Waals surface area contributed by atoms with E-state index in [9.17, 15) is 4.57 Å². The summed E-state index contributed by atoms with van der Waals surface area (Å²) < 4.78 is 20.3. The Morgan fingerprint density at radius 2 is 1.56 bits per heavy atom. The van der Waals surface area contributed by atoms with Crippen molar-refractivity contribution in [2.75, 3.05) is 6.61 Å². The molecular formula is C22H27O2P. The fourth-order valence-corrected chi connectivity index (χ4v) is 7.54. The molecule has 2 atom stereocenters. The van der Waals surface area contributed by atoms with Crippen LogP contribution in [0, 0.1) is 5.92 Å². The highest BCUT2D eigenvalue weighted by Crippen LogP contribution is 2.54. The lowest BCUT2D eigenvalue weighted by Gasteiger charge is -2.32. The smallest absolute Gasteiger partial charge is 0.146 e. The molecule has 1 aliphatic rings. The quantitative estimate of drug-likeness (QED) is 0.698. The molecule has 0 aliphatic heterocycles. The molecule has 132 valence electrons. The molecule has 0 aromatic heterocycles. The zero-order chi connectivity index (χ0) is 17.7. The fourth-order valence-electron chi connectivity index (χ4n) is 3.91. The summed E-state index contributed by atoms with van der Waals surface area (Å²) in [6, 6.07) is 20.1. The van der Waals surface area contributed by atoms with Gasteiger partial charge >= 0.3 is 0 Å². The van der Waals surface area contributed by atoms with E-state index in [4.69, 9.17) is 4.74 Å².